The molecule has 0 radical (unpaired) electrons. The summed E-state index contributed by atoms with van der Waals surface area (Å²) in [5.74, 6) is 0.0242. The van der Waals surface area contributed by atoms with Gasteiger partial charge in [-0.15, -0.1) is 0 Å². The molecule has 2 aliphatic rings. The molecule has 0 saturated carbocycles. The van der Waals surface area contributed by atoms with E-state index in [1.807, 2.05) is 6.07 Å². The van der Waals surface area contributed by atoms with Crippen LogP contribution in [0.4, 0.5) is 24.5 Å². The number of anilines is 2. The smallest absolute Gasteiger partial charge is 0.417 e. The van der Waals surface area contributed by atoms with Crippen LogP contribution in [-0.4, -0.2) is 35.6 Å². The molecular weight excluding hydrogens is 493 g/mol. The van der Waals surface area contributed by atoms with Crippen molar-refractivity contribution in [3.05, 3.63) is 53.1 Å². The molecule has 0 aromatic heterocycles. The molecule has 1 saturated heterocycles. The molecule has 0 spiro atoms. The predicted molar refractivity (Wildman–Crippen MR) is 131 cm³/mol. The number of ether oxygens (including phenoxy) is 1. The number of benzene rings is 2. The number of carbonyl (C=O) groups is 2. The Morgan fingerprint density at radius 1 is 1.25 bits per heavy atom. The van der Waals surface area contributed by atoms with Crippen molar-refractivity contribution in [3.63, 3.8) is 0 Å². The van der Waals surface area contributed by atoms with E-state index in [9.17, 15) is 22.8 Å². The first kappa shape index (κ1) is 25.4. The molecule has 7 nitrogen and oxygen atoms in total. The zero-order valence-corrected chi connectivity index (χ0v) is 20.6. The maximum Gasteiger partial charge on any atom is 0.417 e. The summed E-state index contributed by atoms with van der Waals surface area (Å²) in [7, 11) is 1.57. The number of hydrogen-bond donors (Lipinski definition) is 1. The highest BCUT2D eigenvalue weighted by Gasteiger charge is 2.51. The molecule has 2 aliphatic heterocycles. The molecule has 2 aromatic carbocycles. The van der Waals surface area contributed by atoms with Crippen molar-refractivity contribution in [2.45, 2.75) is 50.9 Å². The first-order chi connectivity index (χ1) is 16.9. The average Bonchev–Trinajstić information content (AvgIpc) is 3.01. The summed E-state index contributed by atoms with van der Waals surface area (Å²) in [6, 6.07) is 9.95. The maximum absolute atomic E-state index is 13.5. The minimum Gasteiger partial charge on any atom is -0.490 e. The summed E-state index contributed by atoms with van der Waals surface area (Å²) in [6.45, 7) is 3.29. The van der Waals surface area contributed by atoms with Crippen LogP contribution in [0.1, 0.15) is 43.4 Å². The van der Waals surface area contributed by atoms with Crippen LogP contribution in [0.3, 0.4) is 0 Å². The molecule has 1 atom stereocenters. The molecule has 2 amide bonds. The average molecular weight is 517 g/mol. The zero-order valence-electron chi connectivity index (χ0n) is 19.8. The van der Waals surface area contributed by atoms with Gasteiger partial charge in [0.05, 0.1) is 29.3 Å². The second-order valence-electron chi connectivity index (χ2n) is 9.10. The SMILES string of the molecule is CNC(=O)CC1CCc2cc(N3C(=S)N(c4ccc(C#N)c(C(F)(F)F)c4)C(=O)C3(C)C)ccc2O1. The Labute approximate surface area is 211 Å². The van der Waals surface area contributed by atoms with Gasteiger partial charge in [-0.25, -0.2) is 0 Å². The first-order valence-electron chi connectivity index (χ1n) is 11.2. The lowest BCUT2D eigenvalue weighted by Gasteiger charge is -2.31. The molecule has 4 rings (SSSR count). The lowest BCUT2D eigenvalue weighted by molar-refractivity contribution is -0.137. The lowest BCUT2D eigenvalue weighted by Crippen LogP contribution is -2.44. The van der Waals surface area contributed by atoms with Crippen LogP contribution in [0, 0.1) is 11.3 Å². The number of nitriles is 1. The molecular formula is C25H23F3N4O3S. The molecule has 1 fully saturated rings. The number of rotatable bonds is 4. The van der Waals surface area contributed by atoms with Crippen LogP contribution >= 0.6 is 12.2 Å². The fourth-order valence-corrected chi connectivity index (χ4v) is 5.00. The molecule has 36 heavy (non-hydrogen) atoms. The van der Waals surface area contributed by atoms with Crippen molar-refractivity contribution < 1.29 is 27.5 Å². The fraction of sp³-hybridized carbons (Fsp3) is 0.360. The Bertz CT molecular complexity index is 1300. The monoisotopic (exact) mass is 516 g/mol. The van der Waals surface area contributed by atoms with Gasteiger partial charge in [0, 0.05) is 12.7 Å². The van der Waals surface area contributed by atoms with Gasteiger partial charge in [0.25, 0.3) is 5.91 Å². The fourth-order valence-electron chi connectivity index (χ4n) is 4.48. The van der Waals surface area contributed by atoms with Gasteiger partial charge in [0.15, 0.2) is 5.11 Å². The summed E-state index contributed by atoms with van der Waals surface area (Å²) in [5.41, 5.74) is -1.45. The number of nitrogens with zero attached hydrogens (tertiary/aromatic N) is 3. The summed E-state index contributed by atoms with van der Waals surface area (Å²) in [5, 5.41) is 11.7. The number of alkyl halides is 3. The maximum atomic E-state index is 13.5. The van der Waals surface area contributed by atoms with Gasteiger partial charge in [0.2, 0.25) is 5.91 Å². The third-order valence-electron chi connectivity index (χ3n) is 6.38. The molecule has 1 N–H and O–H groups in total. The van der Waals surface area contributed by atoms with Gasteiger partial charge in [-0.1, -0.05) is 0 Å². The summed E-state index contributed by atoms with van der Waals surface area (Å²) < 4.78 is 46.6. The number of amides is 2. The van der Waals surface area contributed by atoms with Crippen molar-refractivity contribution in [3.8, 4) is 11.8 Å². The van der Waals surface area contributed by atoms with Crippen LogP contribution in [0.25, 0.3) is 0 Å². The van der Waals surface area contributed by atoms with Gasteiger partial charge in [-0.3, -0.25) is 14.5 Å². The molecule has 2 heterocycles. The largest absolute Gasteiger partial charge is 0.490 e. The highest BCUT2D eigenvalue weighted by molar-refractivity contribution is 7.81. The number of halogens is 3. The van der Waals surface area contributed by atoms with Crippen LogP contribution in [-0.2, 0) is 22.2 Å². The molecule has 11 heteroatoms. The van der Waals surface area contributed by atoms with Gasteiger partial charge in [-0.2, -0.15) is 18.4 Å². The standard InChI is InChI=1S/C25H23F3N4O3S/c1-24(2)22(34)31(16-6-4-15(13-29)19(11-16)25(26,27)28)23(36)32(24)17-7-9-20-14(10-17)5-8-18(35-20)12-21(33)30-3/h4,6-7,9-11,18H,5,8,12H2,1-3H3,(H,30,33). The summed E-state index contributed by atoms with van der Waals surface area (Å²) in [4.78, 5) is 27.8. The third kappa shape index (κ3) is 4.37. The highest BCUT2D eigenvalue weighted by Crippen LogP contribution is 2.41. The highest BCUT2D eigenvalue weighted by atomic mass is 32.1. The number of thiocarbonyl (C=S) groups is 1. The topological polar surface area (TPSA) is 85.7 Å². The first-order valence-corrected chi connectivity index (χ1v) is 11.6. The van der Waals surface area contributed by atoms with E-state index in [0.29, 0.717) is 24.3 Å². The van der Waals surface area contributed by atoms with Crippen molar-refractivity contribution >= 4 is 40.5 Å². The second kappa shape index (κ2) is 9.09. The second-order valence-corrected chi connectivity index (χ2v) is 9.47. The molecule has 2 aromatic rings. The normalized spacial score (nSPS) is 19.0. The predicted octanol–water partition coefficient (Wildman–Crippen LogP) is 4.32. The minimum absolute atomic E-state index is 0.0250. The molecule has 0 bridgehead atoms. The van der Waals surface area contributed by atoms with Crippen LogP contribution in [0.5, 0.6) is 5.75 Å². The Hall–Kier alpha value is -3.65. The van der Waals surface area contributed by atoms with Crippen LogP contribution < -0.4 is 19.9 Å². The molecule has 0 aliphatic carbocycles. The summed E-state index contributed by atoms with van der Waals surface area (Å²) >= 11 is 5.59. The number of carbonyl (C=O) groups excluding carboxylic acids is 2. The number of nitrogens with one attached hydrogen (secondary N) is 1. The quantitative estimate of drug-likeness (QED) is 0.610. The van der Waals surface area contributed by atoms with Gasteiger partial charge < -0.3 is 15.0 Å². The Balaban J connectivity index is 1.67. The Morgan fingerprint density at radius 2 is 1.94 bits per heavy atom. The van der Waals surface area contributed by atoms with E-state index >= 15 is 0 Å². The molecule has 188 valence electrons. The molecule has 1 unspecified atom stereocenters. The van der Waals surface area contributed by atoms with E-state index in [1.54, 1.807) is 37.9 Å². The van der Waals surface area contributed by atoms with E-state index < -0.39 is 28.7 Å². The van der Waals surface area contributed by atoms with E-state index in [2.05, 4.69) is 5.32 Å². The van der Waals surface area contributed by atoms with Gasteiger partial charge in [-0.05, 0) is 80.9 Å². The lowest BCUT2D eigenvalue weighted by atomic mass is 9.98. The van der Waals surface area contributed by atoms with E-state index in [1.165, 1.54) is 12.1 Å². The summed E-state index contributed by atoms with van der Waals surface area (Å²) in [6.07, 6.45) is -3.49. The minimum atomic E-state index is -4.77. The number of fused-ring (bicyclic) bond motifs is 1. The Kier molecular flexibility index (Phi) is 6.43. The van der Waals surface area contributed by atoms with E-state index in [0.717, 1.165) is 22.6 Å². The van der Waals surface area contributed by atoms with Crippen molar-refractivity contribution in [2.24, 2.45) is 0 Å². The van der Waals surface area contributed by atoms with Gasteiger partial charge in [0.1, 0.15) is 17.4 Å². The van der Waals surface area contributed by atoms with E-state index in [-0.39, 0.29) is 29.2 Å². The number of hydrogen-bond acceptors (Lipinski definition) is 5. The van der Waals surface area contributed by atoms with Crippen LogP contribution in [0.15, 0.2) is 36.4 Å². The number of aryl methyl sites for hydroxylation is 1. The van der Waals surface area contributed by atoms with Gasteiger partial charge >= 0.3 is 6.18 Å². The van der Waals surface area contributed by atoms with Crippen molar-refractivity contribution in [1.82, 2.24) is 5.32 Å². The van der Waals surface area contributed by atoms with Crippen LogP contribution in [0.2, 0.25) is 0 Å². The van der Waals surface area contributed by atoms with Crippen molar-refractivity contribution in [2.75, 3.05) is 16.8 Å². The van der Waals surface area contributed by atoms with E-state index in [4.69, 9.17) is 22.2 Å². The zero-order chi connectivity index (χ0) is 26.4. The third-order valence-corrected chi connectivity index (χ3v) is 6.74. The van der Waals surface area contributed by atoms with Crippen molar-refractivity contribution in [1.29, 1.82) is 5.26 Å². The Morgan fingerprint density at radius 3 is 2.58 bits per heavy atom.